The Balaban J connectivity index is 1.00. The van der Waals surface area contributed by atoms with Gasteiger partial charge in [-0.1, -0.05) is 194 Å². The summed E-state index contributed by atoms with van der Waals surface area (Å²) in [5.41, 5.74) is 14.4. The summed E-state index contributed by atoms with van der Waals surface area (Å²) in [6.45, 7) is 0. The number of furan rings is 1. The fraction of sp³-hybridized carbons (Fsp3) is 0.0351. The summed E-state index contributed by atoms with van der Waals surface area (Å²) in [4.78, 5) is 15.4. The molecule has 2 heterocycles. The molecular formula is C57H39N3O. The number of para-hydroxylation sites is 1. The van der Waals surface area contributed by atoms with Crippen molar-refractivity contribution in [3.8, 4) is 56.4 Å². The molecule has 11 rings (SSSR count). The first-order valence-corrected chi connectivity index (χ1v) is 20.8. The fourth-order valence-electron chi connectivity index (χ4n) is 8.65. The third kappa shape index (κ3) is 7.04. The molecule has 11 aromatic rings. The number of nitrogens with zero attached hydrogens (tertiary/aromatic N) is 3. The van der Waals surface area contributed by atoms with Crippen LogP contribution in [0.5, 0.6) is 0 Å². The molecular weight excluding hydrogens is 743 g/mol. The van der Waals surface area contributed by atoms with Crippen LogP contribution in [0.4, 0.5) is 0 Å². The Morgan fingerprint density at radius 2 is 0.803 bits per heavy atom. The highest BCUT2D eigenvalue weighted by Gasteiger charge is 2.18. The smallest absolute Gasteiger partial charge is 0.164 e. The first-order valence-electron chi connectivity index (χ1n) is 20.8. The average Bonchev–Trinajstić information content (AvgIpc) is 3.72. The fourth-order valence-corrected chi connectivity index (χ4v) is 8.65. The van der Waals surface area contributed by atoms with Crippen molar-refractivity contribution in [3.63, 3.8) is 0 Å². The highest BCUT2D eigenvalue weighted by molar-refractivity contribution is 6.17. The molecule has 4 nitrogen and oxygen atoms in total. The lowest BCUT2D eigenvalue weighted by Crippen LogP contribution is -2.02. The molecule has 0 saturated carbocycles. The monoisotopic (exact) mass is 781 g/mol. The normalized spacial score (nSPS) is 11.4. The number of fused-ring (bicyclic) bond motifs is 5. The second-order valence-electron chi connectivity index (χ2n) is 15.5. The standard InChI is InChI=1S/C57H39N3O/c1-4-15-38(16-5-1)35-43-21-10-11-22-47(43)48-32-31-44(37-45(48)36-39-17-6-2-7-18-39)57-59-55(41-19-8-3-9-20-41)58-56(60-57)42-29-27-40(28-30-42)46-24-14-25-51-49(46)33-34-52-50-23-12-13-26-53(50)61-54(51)52/h1-34,37H,35-36H2. The molecule has 0 atom stereocenters. The van der Waals surface area contributed by atoms with Gasteiger partial charge in [-0.15, -0.1) is 0 Å². The predicted molar refractivity (Wildman–Crippen MR) is 250 cm³/mol. The van der Waals surface area contributed by atoms with Gasteiger partial charge >= 0.3 is 0 Å². The van der Waals surface area contributed by atoms with Gasteiger partial charge in [0.2, 0.25) is 0 Å². The highest BCUT2D eigenvalue weighted by Crippen LogP contribution is 2.39. The van der Waals surface area contributed by atoms with E-state index in [1.807, 2.05) is 30.3 Å². The molecule has 2 aromatic heterocycles. The topological polar surface area (TPSA) is 51.8 Å². The van der Waals surface area contributed by atoms with Gasteiger partial charge in [0.1, 0.15) is 11.2 Å². The van der Waals surface area contributed by atoms with E-state index < -0.39 is 0 Å². The highest BCUT2D eigenvalue weighted by atomic mass is 16.3. The number of hydrogen-bond donors (Lipinski definition) is 0. The van der Waals surface area contributed by atoms with Crippen molar-refractivity contribution in [2.24, 2.45) is 0 Å². The molecule has 0 saturated heterocycles. The van der Waals surface area contributed by atoms with Crippen LogP contribution in [0, 0.1) is 0 Å². The molecule has 0 fully saturated rings. The Labute approximate surface area is 354 Å². The van der Waals surface area contributed by atoms with E-state index in [-0.39, 0.29) is 0 Å². The van der Waals surface area contributed by atoms with Crippen LogP contribution in [0.3, 0.4) is 0 Å². The average molecular weight is 782 g/mol. The summed E-state index contributed by atoms with van der Waals surface area (Å²) >= 11 is 0. The van der Waals surface area contributed by atoms with Crippen molar-refractivity contribution in [1.82, 2.24) is 15.0 Å². The molecule has 4 heteroatoms. The van der Waals surface area contributed by atoms with Crippen molar-refractivity contribution in [2.45, 2.75) is 12.8 Å². The van der Waals surface area contributed by atoms with Crippen LogP contribution in [0.2, 0.25) is 0 Å². The minimum absolute atomic E-state index is 0.624. The third-order valence-corrected chi connectivity index (χ3v) is 11.7. The van der Waals surface area contributed by atoms with E-state index >= 15 is 0 Å². The third-order valence-electron chi connectivity index (χ3n) is 11.7. The van der Waals surface area contributed by atoms with E-state index in [0.29, 0.717) is 17.5 Å². The molecule has 0 aliphatic carbocycles. The zero-order chi connectivity index (χ0) is 40.5. The van der Waals surface area contributed by atoms with Gasteiger partial charge in [0, 0.05) is 32.8 Å². The largest absolute Gasteiger partial charge is 0.455 e. The zero-order valence-corrected chi connectivity index (χ0v) is 33.4. The van der Waals surface area contributed by atoms with Gasteiger partial charge in [-0.25, -0.2) is 15.0 Å². The van der Waals surface area contributed by atoms with Gasteiger partial charge in [-0.2, -0.15) is 0 Å². The van der Waals surface area contributed by atoms with Crippen molar-refractivity contribution >= 4 is 32.7 Å². The Kier molecular flexibility index (Phi) is 9.29. The molecule has 0 aliphatic rings. The van der Waals surface area contributed by atoms with Crippen LogP contribution < -0.4 is 0 Å². The van der Waals surface area contributed by atoms with Crippen LogP contribution in [-0.2, 0) is 12.8 Å². The second-order valence-corrected chi connectivity index (χ2v) is 15.5. The lowest BCUT2D eigenvalue weighted by molar-refractivity contribution is 0.672. The Bertz CT molecular complexity index is 3340. The van der Waals surface area contributed by atoms with E-state index in [9.17, 15) is 0 Å². The van der Waals surface area contributed by atoms with Crippen LogP contribution in [-0.4, -0.2) is 15.0 Å². The minimum atomic E-state index is 0.624. The number of aromatic nitrogens is 3. The molecule has 0 spiro atoms. The Morgan fingerprint density at radius 3 is 1.54 bits per heavy atom. The minimum Gasteiger partial charge on any atom is -0.455 e. The molecule has 288 valence electrons. The van der Waals surface area contributed by atoms with Crippen molar-refractivity contribution in [2.75, 3.05) is 0 Å². The first-order chi connectivity index (χ1) is 30.2. The Morgan fingerprint density at radius 1 is 0.311 bits per heavy atom. The van der Waals surface area contributed by atoms with E-state index in [1.54, 1.807) is 0 Å². The predicted octanol–water partition coefficient (Wildman–Crippen LogP) is 14.4. The molecule has 0 aliphatic heterocycles. The lowest BCUT2D eigenvalue weighted by Gasteiger charge is -2.16. The number of rotatable bonds is 9. The van der Waals surface area contributed by atoms with Gasteiger partial charge in [0.15, 0.2) is 17.5 Å². The van der Waals surface area contributed by atoms with E-state index in [1.165, 1.54) is 33.4 Å². The molecule has 0 bridgehead atoms. The molecule has 0 N–H and O–H groups in total. The maximum absolute atomic E-state index is 6.40. The second kappa shape index (κ2) is 15.7. The van der Waals surface area contributed by atoms with E-state index in [0.717, 1.165) is 73.4 Å². The summed E-state index contributed by atoms with van der Waals surface area (Å²) < 4.78 is 6.40. The van der Waals surface area contributed by atoms with Gasteiger partial charge < -0.3 is 4.42 Å². The van der Waals surface area contributed by atoms with Crippen molar-refractivity contribution < 1.29 is 4.42 Å². The molecule has 0 amide bonds. The Hall–Kier alpha value is -7.95. The maximum Gasteiger partial charge on any atom is 0.164 e. The summed E-state index contributed by atoms with van der Waals surface area (Å²) in [6.07, 6.45) is 1.62. The lowest BCUT2D eigenvalue weighted by atomic mass is 9.89. The quantitative estimate of drug-likeness (QED) is 0.146. The summed E-state index contributed by atoms with van der Waals surface area (Å²) in [5, 5.41) is 4.51. The number of benzene rings is 9. The molecule has 61 heavy (non-hydrogen) atoms. The summed E-state index contributed by atoms with van der Waals surface area (Å²) in [7, 11) is 0. The molecule has 9 aromatic carbocycles. The summed E-state index contributed by atoms with van der Waals surface area (Å²) in [6, 6.07) is 74.7. The molecule has 0 radical (unpaired) electrons. The van der Waals surface area contributed by atoms with Crippen LogP contribution in [0.1, 0.15) is 22.3 Å². The summed E-state index contributed by atoms with van der Waals surface area (Å²) in [5.74, 6) is 1.89. The number of hydrogen-bond acceptors (Lipinski definition) is 4. The van der Waals surface area contributed by atoms with E-state index in [4.69, 9.17) is 19.4 Å². The zero-order valence-electron chi connectivity index (χ0n) is 33.4. The van der Waals surface area contributed by atoms with Crippen molar-refractivity contribution in [3.05, 3.63) is 235 Å². The van der Waals surface area contributed by atoms with Crippen molar-refractivity contribution in [1.29, 1.82) is 0 Å². The SMILES string of the molecule is c1ccc(Cc2ccccc2-c2ccc(-c3nc(-c4ccccc4)nc(-c4ccc(-c5cccc6c5ccc5c7ccccc7oc65)cc4)n3)cc2Cc2ccccc2)cc1. The van der Waals surface area contributed by atoms with Crippen LogP contribution in [0.25, 0.3) is 89.1 Å². The van der Waals surface area contributed by atoms with Gasteiger partial charge in [-0.05, 0) is 80.9 Å². The molecule has 0 unspecified atom stereocenters. The van der Waals surface area contributed by atoms with Gasteiger partial charge in [0.05, 0.1) is 0 Å². The van der Waals surface area contributed by atoms with Crippen LogP contribution in [0.15, 0.2) is 217 Å². The van der Waals surface area contributed by atoms with Crippen LogP contribution >= 0.6 is 0 Å². The van der Waals surface area contributed by atoms with Gasteiger partial charge in [-0.3, -0.25) is 0 Å². The van der Waals surface area contributed by atoms with E-state index in [2.05, 4.69) is 182 Å². The first kappa shape index (κ1) is 36.2. The maximum atomic E-state index is 6.40. The van der Waals surface area contributed by atoms with Gasteiger partial charge in [0.25, 0.3) is 0 Å².